The quantitative estimate of drug-likeness (QED) is 0.656. The van der Waals surface area contributed by atoms with Crippen LogP contribution in [0.3, 0.4) is 0 Å². The second-order valence-electron chi connectivity index (χ2n) is 3.14. The van der Waals surface area contributed by atoms with Gasteiger partial charge in [-0.1, -0.05) is 20.3 Å². The van der Waals surface area contributed by atoms with Gasteiger partial charge in [0.05, 0.1) is 6.61 Å². The van der Waals surface area contributed by atoms with E-state index >= 15 is 0 Å². The largest absolute Gasteiger partial charge is 0.522 e. The number of halogens is 3. The van der Waals surface area contributed by atoms with Crippen LogP contribution in [0.5, 0.6) is 0 Å². The molecule has 5 heteroatoms. The first kappa shape index (κ1) is 13.7. The van der Waals surface area contributed by atoms with Crippen LogP contribution in [0.2, 0.25) is 0 Å². The van der Waals surface area contributed by atoms with Crippen LogP contribution in [0.1, 0.15) is 33.1 Å². The molecular weight excluding hydrogens is 195 g/mol. The topological polar surface area (TPSA) is 21.3 Å². The van der Waals surface area contributed by atoms with E-state index in [0.717, 1.165) is 19.3 Å². The van der Waals surface area contributed by atoms with Crippen molar-refractivity contribution in [2.75, 3.05) is 13.2 Å². The molecule has 0 rings (SSSR count). The van der Waals surface area contributed by atoms with E-state index in [2.05, 4.69) is 17.0 Å². The molecule has 14 heavy (non-hydrogen) atoms. The Bertz CT molecular complexity index is 139. The van der Waals surface area contributed by atoms with Crippen LogP contribution in [0, 0.1) is 0 Å². The zero-order valence-corrected chi connectivity index (χ0v) is 8.66. The van der Waals surface area contributed by atoms with E-state index in [1.807, 2.05) is 6.92 Å². The fourth-order valence-corrected chi connectivity index (χ4v) is 1.23. The smallest absolute Gasteiger partial charge is 0.312 e. The summed E-state index contributed by atoms with van der Waals surface area (Å²) in [6, 6.07) is 0.303. The summed E-state index contributed by atoms with van der Waals surface area (Å²) >= 11 is 0. The minimum Gasteiger partial charge on any atom is -0.312 e. The molecule has 0 aromatic carbocycles. The van der Waals surface area contributed by atoms with Gasteiger partial charge in [0, 0.05) is 12.6 Å². The number of ether oxygens (including phenoxy) is 1. The number of rotatable bonds is 7. The standard InChI is InChI=1S/C9H18F3NO/c1-3-5-8(4-2)13-6-7-14-9(10,11)12/h8,13H,3-7H2,1-2H3. The van der Waals surface area contributed by atoms with Gasteiger partial charge in [0.15, 0.2) is 0 Å². The van der Waals surface area contributed by atoms with E-state index in [1.165, 1.54) is 0 Å². The van der Waals surface area contributed by atoms with E-state index in [0.29, 0.717) is 6.04 Å². The molecule has 0 aromatic heterocycles. The van der Waals surface area contributed by atoms with Crippen LogP contribution in [0.25, 0.3) is 0 Å². The predicted octanol–water partition coefficient (Wildman–Crippen LogP) is 2.69. The van der Waals surface area contributed by atoms with Crippen molar-refractivity contribution in [3.8, 4) is 0 Å². The van der Waals surface area contributed by atoms with Crippen LogP contribution in [-0.2, 0) is 4.74 Å². The Hall–Kier alpha value is -0.290. The third kappa shape index (κ3) is 8.31. The first-order valence-corrected chi connectivity index (χ1v) is 4.93. The van der Waals surface area contributed by atoms with Gasteiger partial charge in [0.25, 0.3) is 0 Å². The average Bonchev–Trinajstić information content (AvgIpc) is 2.08. The highest BCUT2D eigenvalue weighted by atomic mass is 19.4. The van der Waals surface area contributed by atoms with Gasteiger partial charge in [-0.3, -0.25) is 4.74 Å². The maximum atomic E-state index is 11.6. The molecular formula is C9H18F3NO. The lowest BCUT2D eigenvalue weighted by atomic mass is 10.1. The third-order valence-electron chi connectivity index (χ3n) is 1.93. The molecule has 1 unspecified atom stereocenters. The molecule has 0 aliphatic rings. The van der Waals surface area contributed by atoms with Crippen LogP contribution >= 0.6 is 0 Å². The fourth-order valence-electron chi connectivity index (χ4n) is 1.23. The lowest BCUT2D eigenvalue weighted by molar-refractivity contribution is -0.323. The molecule has 1 N–H and O–H groups in total. The van der Waals surface area contributed by atoms with Crippen molar-refractivity contribution >= 4 is 0 Å². The Balaban J connectivity index is 3.42. The first-order chi connectivity index (χ1) is 6.49. The summed E-state index contributed by atoms with van der Waals surface area (Å²) in [6.07, 6.45) is -1.55. The van der Waals surface area contributed by atoms with Gasteiger partial charge in [-0.05, 0) is 12.8 Å². The molecule has 86 valence electrons. The molecule has 0 aliphatic heterocycles. The molecule has 0 spiro atoms. The Morgan fingerprint density at radius 2 is 1.93 bits per heavy atom. The van der Waals surface area contributed by atoms with Crippen molar-refractivity contribution < 1.29 is 17.9 Å². The molecule has 1 atom stereocenters. The van der Waals surface area contributed by atoms with E-state index in [1.54, 1.807) is 0 Å². The van der Waals surface area contributed by atoms with Crippen LogP contribution in [0.15, 0.2) is 0 Å². The molecule has 2 nitrogen and oxygen atoms in total. The second kappa shape index (κ2) is 7.06. The van der Waals surface area contributed by atoms with E-state index < -0.39 is 6.36 Å². The SMILES string of the molecule is CCCC(CC)NCCOC(F)(F)F. The van der Waals surface area contributed by atoms with Crippen molar-refractivity contribution in [2.24, 2.45) is 0 Å². The summed E-state index contributed by atoms with van der Waals surface area (Å²) in [4.78, 5) is 0. The Morgan fingerprint density at radius 1 is 1.29 bits per heavy atom. The van der Waals surface area contributed by atoms with Gasteiger partial charge >= 0.3 is 6.36 Å². The lowest BCUT2D eigenvalue weighted by Crippen LogP contribution is -2.32. The van der Waals surface area contributed by atoms with Crippen molar-refractivity contribution in [1.29, 1.82) is 0 Å². The first-order valence-electron chi connectivity index (χ1n) is 4.93. The summed E-state index contributed by atoms with van der Waals surface area (Å²) in [5.74, 6) is 0. The molecule has 0 saturated heterocycles. The molecule has 0 aliphatic carbocycles. The van der Waals surface area contributed by atoms with Gasteiger partial charge in [-0.2, -0.15) is 0 Å². The van der Waals surface area contributed by atoms with Gasteiger partial charge < -0.3 is 5.32 Å². The molecule has 0 heterocycles. The second-order valence-corrected chi connectivity index (χ2v) is 3.14. The summed E-state index contributed by atoms with van der Waals surface area (Å²) in [6.45, 7) is 4.00. The highest BCUT2D eigenvalue weighted by Gasteiger charge is 2.28. The van der Waals surface area contributed by atoms with Crippen molar-refractivity contribution in [3.05, 3.63) is 0 Å². The molecule has 0 amide bonds. The van der Waals surface area contributed by atoms with Crippen LogP contribution in [0.4, 0.5) is 13.2 Å². The number of hydrogen-bond donors (Lipinski definition) is 1. The van der Waals surface area contributed by atoms with Crippen molar-refractivity contribution in [2.45, 2.75) is 45.5 Å². The summed E-state index contributed by atoms with van der Waals surface area (Å²) in [5.41, 5.74) is 0. The highest BCUT2D eigenvalue weighted by Crippen LogP contribution is 2.15. The Kier molecular flexibility index (Phi) is 6.92. The minimum atomic E-state index is -4.51. The third-order valence-corrected chi connectivity index (χ3v) is 1.93. The number of hydrogen-bond acceptors (Lipinski definition) is 2. The van der Waals surface area contributed by atoms with Gasteiger partial charge in [0.1, 0.15) is 0 Å². The minimum absolute atomic E-state index is 0.248. The summed E-state index contributed by atoms with van der Waals surface area (Å²) in [7, 11) is 0. The van der Waals surface area contributed by atoms with Gasteiger partial charge in [-0.25, -0.2) is 0 Å². The highest BCUT2D eigenvalue weighted by molar-refractivity contribution is 4.63. The fraction of sp³-hybridized carbons (Fsp3) is 1.00. The monoisotopic (exact) mass is 213 g/mol. The van der Waals surface area contributed by atoms with Gasteiger partial charge in [0.2, 0.25) is 0 Å². The predicted molar refractivity (Wildman–Crippen MR) is 49.0 cm³/mol. The Labute approximate surface area is 82.8 Å². The number of alkyl halides is 3. The van der Waals surface area contributed by atoms with Gasteiger partial charge in [-0.15, -0.1) is 13.2 Å². The van der Waals surface area contributed by atoms with E-state index in [4.69, 9.17) is 0 Å². The lowest BCUT2D eigenvalue weighted by Gasteiger charge is -2.16. The van der Waals surface area contributed by atoms with Crippen molar-refractivity contribution in [1.82, 2.24) is 5.32 Å². The zero-order chi connectivity index (χ0) is 11.0. The van der Waals surface area contributed by atoms with Crippen molar-refractivity contribution in [3.63, 3.8) is 0 Å². The maximum Gasteiger partial charge on any atom is 0.522 e. The van der Waals surface area contributed by atoms with Crippen LogP contribution in [-0.4, -0.2) is 25.6 Å². The number of nitrogens with one attached hydrogen (secondary N) is 1. The van der Waals surface area contributed by atoms with E-state index in [9.17, 15) is 13.2 Å². The Morgan fingerprint density at radius 3 is 2.36 bits per heavy atom. The maximum absolute atomic E-state index is 11.6. The normalized spacial score (nSPS) is 14.4. The summed E-state index contributed by atoms with van der Waals surface area (Å²) in [5, 5.41) is 3.02. The molecule has 0 fully saturated rings. The molecule has 0 bridgehead atoms. The zero-order valence-electron chi connectivity index (χ0n) is 8.66. The molecule has 0 radical (unpaired) electrons. The average molecular weight is 213 g/mol. The van der Waals surface area contributed by atoms with E-state index in [-0.39, 0.29) is 13.2 Å². The van der Waals surface area contributed by atoms with Crippen LogP contribution < -0.4 is 5.32 Å². The molecule has 0 aromatic rings. The summed E-state index contributed by atoms with van der Waals surface area (Å²) < 4.78 is 38.3. The molecule has 0 saturated carbocycles.